The average Bonchev–Trinajstić information content (AvgIpc) is 2.38. The van der Waals surface area contributed by atoms with Gasteiger partial charge in [0.05, 0.1) is 12.0 Å². The molecule has 18 heavy (non-hydrogen) atoms. The molecule has 0 atom stereocenters. The van der Waals surface area contributed by atoms with Gasteiger partial charge in [-0.3, -0.25) is 0 Å². The van der Waals surface area contributed by atoms with E-state index in [0.717, 1.165) is 0 Å². The lowest BCUT2D eigenvalue weighted by Crippen LogP contribution is -2.31. The summed E-state index contributed by atoms with van der Waals surface area (Å²) in [5.41, 5.74) is 0. The number of hydrogen-bond acceptors (Lipinski definition) is 3. The maximum atomic E-state index is 12.3. The molecule has 0 saturated carbocycles. The molecule has 5 heteroatoms. The third kappa shape index (κ3) is 3.21. The Labute approximate surface area is 108 Å². The van der Waals surface area contributed by atoms with E-state index in [1.807, 2.05) is 0 Å². The normalized spacial score (nSPS) is 11.2. The number of benzene rings is 1. The molecule has 0 aliphatic heterocycles. The van der Waals surface area contributed by atoms with Gasteiger partial charge in [-0.05, 0) is 24.3 Å². The SMILES string of the molecule is C=CCN(CC=C)S(=O)(=O)c1ccc(OC)cc1. The van der Waals surface area contributed by atoms with E-state index in [-0.39, 0.29) is 18.0 Å². The number of nitrogens with zero attached hydrogens (tertiary/aromatic N) is 1. The Morgan fingerprint density at radius 3 is 2.06 bits per heavy atom. The highest BCUT2D eigenvalue weighted by molar-refractivity contribution is 7.89. The molecule has 0 radical (unpaired) electrons. The van der Waals surface area contributed by atoms with E-state index >= 15 is 0 Å². The van der Waals surface area contributed by atoms with Gasteiger partial charge in [0, 0.05) is 13.1 Å². The van der Waals surface area contributed by atoms with Gasteiger partial charge < -0.3 is 4.74 Å². The number of ether oxygens (including phenoxy) is 1. The van der Waals surface area contributed by atoms with Crippen molar-refractivity contribution in [1.29, 1.82) is 0 Å². The maximum absolute atomic E-state index is 12.3. The molecule has 0 aromatic heterocycles. The largest absolute Gasteiger partial charge is 0.497 e. The number of sulfonamides is 1. The van der Waals surface area contributed by atoms with Crippen molar-refractivity contribution in [2.24, 2.45) is 0 Å². The second kappa shape index (κ2) is 6.37. The summed E-state index contributed by atoms with van der Waals surface area (Å²) in [5.74, 6) is 0.618. The zero-order valence-corrected chi connectivity index (χ0v) is 11.2. The van der Waals surface area contributed by atoms with Crippen molar-refractivity contribution in [3.63, 3.8) is 0 Å². The van der Waals surface area contributed by atoms with Crippen LogP contribution in [0, 0.1) is 0 Å². The fourth-order valence-electron chi connectivity index (χ4n) is 1.46. The lowest BCUT2D eigenvalue weighted by atomic mass is 10.3. The molecule has 0 aliphatic rings. The van der Waals surface area contributed by atoms with E-state index in [2.05, 4.69) is 13.2 Å². The van der Waals surface area contributed by atoms with Crippen LogP contribution < -0.4 is 4.74 Å². The summed E-state index contributed by atoms with van der Waals surface area (Å²) in [7, 11) is -1.98. The average molecular weight is 267 g/mol. The van der Waals surface area contributed by atoms with Crippen LogP contribution in [0.3, 0.4) is 0 Å². The predicted octanol–water partition coefficient (Wildman–Crippen LogP) is 2.06. The van der Waals surface area contributed by atoms with Crippen LogP contribution in [-0.4, -0.2) is 32.9 Å². The van der Waals surface area contributed by atoms with Crippen LogP contribution in [0.2, 0.25) is 0 Å². The summed E-state index contributed by atoms with van der Waals surface area (Å²) in [6.45, 7) is 7.61. The summed E-state index contributed by atoms with van der Waals surface area (Å²) >= 11 is 0. The molecule has 0 fully saturated rings. The van der Waals surface area contributed by atoms with Gasteiger partial charge in [-0.25, -0.2) is 8.42 Å². The molecule has 0 aliphatic carbocycles. The monoisotopic (exact) mass is 267 g/mol. The second-order valence-corrected chi connectivity index (χ2v) is 5.51. The van der Waals surface area contributed by atoms with Gasteiger partial charge >= 0.3 is 0 Å². The molecule has 1 rings (SSSR count). The lowest BCUT2D eigenvalue weighted by molar-refractivity contribution is 0.414. The highest BCUT2D eigenvalue weighted by atomic mass is 32.2. The highest BCUT2D eigenvalue weighted by Crippen LogP contribution is 2.19. The van der Waals surface area contributed by atoms with E-state index in [1.54, 1.807) is 24.3 Å². The van der Waals surface area contributed by atoms with Crippen molar-refractivity contribution in [3.05, 3.63) is 49.6 Å². The minimum Gasteiger partial charge on any atom is -0.497 e. The van der Waals surface area contributed by atoms with Crippen molar-refractivity contribution >= 4 is 10.0 Å². The maximum Gasteiger partial charge on any atom is 0.243 e. The number of methoxy groups -OCH3 is 1. The van der Waals surface area contributed by atoms with Gasteiger partial charge in [0.25, 0.3) is 0 Å². The van der Waals surface area contributed by atoms with Crippen LogP contribution in [-0.2, 0) is 10.0 Å². The quantitative estimate of drug-likeness (QED) is 0.710. The Morgan fingerprint density at radius 2 is 1.67 bits per heavy atom. The summed E-state index contributed by atoms with van der Waals surface area (Å²) < 4.78 is 30.9. The fraction of sp³-hybridized carbons (Fsp3) is 0.231. The molecule has 0 heterocycles. The minimum atomic E-state index is -3.52. The first-order valence-corrected chi connectivity index (χ1v) is 6.86. The Bertz CT molecular complexity index is 496. The number of hydrogen-bond donors (Lipinski definition) is 0. The van der Waals surface area contributed by atoms with Crippen molar-refractivity contribution < 1.29 is 13.2 Å². The Hall–Kier alpha value is -1.59. The first-order chi connectivity index (χ1) is 8.56. The molecule has 0 bridgehead atoms. The third-order valence-electron chi connectivity index (χ3n) is 2.36. The van der Waals surface area contributed by atoms with E-state index in [0.29, 0.717) is 5.75 Å². The van der Waals surface area contributed by atoms with Crippen molar-refractivity contribution in [2.75, 3.05) is 20.2 Å². The highest BCUT2D eigenvalue weighted by Gasteiger charge is 2.22. The molecule has 0 amide bonds. The summed E-state index contributed by atoms with van der Waals surface area (Å²) in [4.78, 5) is 0.229. The van der Waals surface area contributed by atoms with Crippen molar-refractivity contribution in [2.45, 2.75) is 4.90 Å². The molecular formula is C13H17NO3S. The predicted molar refractivity (Wildman–Crippen MR) is 72.1 cm³/mol. The molecule has 1 aromatic rings. The summed E-state index contributed by atoms with van der Waals surface area (Å²) in [6, 6.07) is 6.28. The molecule has 0 spiro atoms. The van der Waals surface area contributed by atoms with Crippen LogP contribution >= 0.6 is 0 Å². The smallest absolute Gasteiger partial charge is 0.243 e. The zero-order chi connectivity index (χ0) is 13.6. The van der Waals surface area contributed by atoms with Crippen LogP contribution in [0.5, 0.6) is 5.75 Å². The van der Waals surface area contributed by atoms with Crippen LogP contribution in [0.1, 0.15) is 0 Å². The van der Waals surface area contributed by atoms with E-state index in [9.17, 15) is 8.42 Å². The molecule has 98 valence electrons. The second-order valence-electron chi connectivity index (χ2n) is 3.57. The standard InChI is InChI=1S/C13H17NO3S/c1-4-10-14(11-5-2)18(15,16)13-8-6-12(17-3)7-9-13/h4-9H,1-2,10-11H2,3H3. The Kier molecular flexibility index (Phi) is 5.12. The molecule has 0 N–H and O–H groups in total. The van der Waals surface area contributed by atoms with Gasteiger partial charge in [-0.1, -0.05) is 12.2 Å². The van der Waals surface area contributed by atoms with Crippen molar-refractivity contribution in [3.8, 4) is 5.75 Å². The summed E-state index contributed by atoms with van der Waals surface area (Å²) in [6.07, 6.45) is 3.09. The molecule has 0 unspecified atom stereocenters. The van der Waals surface area contributed by atoms with Crippen LogP contribution in [0.4, 0.5) is 0 Å². The fourth-order valence-corrected chi connectivity index (χ4v) is 2.84. The topological polar surface area (TPSA) is 46.6 Å². The van der Waals surface area contributed by atoms with Crippen LogP contribution in [0.15, 0.2) is 54.5 Å². The van der Waals surface area contributed by atoms with Gasteiger partial charge in [-0.2, -0.15) is 4.31 Å². The minimum absolute atomic E-state index is 0.229. The van der Waals surface area contributed by atoms with Gasteiger partial charge in [-0.15, -0.1) is 13.2 Å². The van der Waals surface area contributed by atoms with Gasteiger partial charge in [0.1, 0.15) is 5.75 Å². The lowest BCUT2D eigenvalue weighted by Gasteiger charge is -2.19. The molecular weight excluding hydrogens is 250 g/mol. The Balaban J connectivity index is 3.08. The molecule has 4 nitrogen and oxygen atoms in total. The van der Waals surface area contributed by atoms with Crippen molar-refractivity contribution in [1.82, 2.24) is 4.31 Å². The van der Waals surface area contributed by atoms with Crippen LogP contribution in [0.25, 0.3) is 0 Å². The van der Waals surface area contributed by atoms with Gasteiger partial charge in [0.15, 0.2) is 0 Å². The number of rotatable bonds is 7. The first-order valence-electron chi connectivity index (χ1n) is 5.42. The van der Waals surface area contributed by atoms with E-state index in [4.69, 9.17) is 4.74 Å². The molecule has 0 saturated heterocycles. The first kappa shape index (κ1) is 14.5. The molecule has 1 aromatic carbocycles. The third-order valence-corrected chi connectivity index (χ3v) is 4.21. The van der Waals surface area contributed by atoms with Gasteiger partial charge in [0.2, 0.25) is 10.0 Å². The Morgan fingerprint density at radius 1 is 1.17 bits per heavy atom. The van der Waals surface area contributed by atoms with E-state index < -0.39 is 10.0 Å². The zero-order valence-electron chi connectivity index (χ0n) is 10.4. The van der Waals surface area contributed by atoms with E-state index in [1.165, 1.54) is 23.5 Å². The summed E-state index contributed by atoms with van der Waals surface area (Å²) in [5, 5.41) is 0.